The normalized spacial score (nSPS) is 25.1. The summed E-state index contributed by atoms with van der Waals surface area (Å²) in [6, 6.07) is 6.35. The Balaban J connectivity index is 1.49. The summed E-state index contributed by atoms with van der Waals surface area (Å²) in [5.41, 5.74) is 0.809. The molecule has 2 N–H and O–H groups in total. The van der Waals surface area contributed by atoms with Gasteiger partial charge in [-0.25, -0.2) is 0 Å². The summed E-state index contributed by atoms with van der Waals surface area (Å²) in [6.45, 7) is 0. The van der Waals surface area contributed by atoms with E-state index in [-0.39, 0.29) is 55.6 Å². The number of aliphatic imine (C=N–C) groups is 2. The van der Waals surface area contributed by atoms with Crippen LogP contribution in [0.4, 0.5) is 17.3 Å². The number of rotatable bonds is 5. The highest BCUT2D eigenvalue weighted by Crippen LogP contribution is 2.54. The van der Waals surface area contributed by atoms with Gasteiger partial charge in [-0.2, -0.15) is 0 Å². The number of hydrogen-bond donors (Lipinski definition) is 2. The van der Waals surface area contributed by atoms with Crippen LogP contribution in [-0.2, 0) is 18.6 Å². The number of nitrogens with zero attached hydrogens (tertiary/aromatic N) is 2. The van der Waals surface area contributed by atoms with Crippen LogP contribution in [0, 0.1) is 0 Å². The molecule has 0 aliphatic carbocycles. The smallest absolute Gasteiger partial charge is 0.625 e. The van der Waals surface area contributed by atoms with Crippen molar-refractivity contribution in [1.82, 2.24) is 9.97 Å². The largest absolute Gasteiger partial charge is 0.726 e. The van der Waals surface area contributed by atoms with E-state index in [1.165, 1.54) is 24.6 Å². The van der Waals surface area contributed by atoms with Crippen molar-refractivity contribution in [3.05, 3.63) is 105 Å². The third kappa shape index (κ3) is 4.72. The molecule has 194 valence electrons. The first kappa shape index (κ1) is 24.4. The molecule has 0 atom stereocenters. The lowest BCUT2D eigenvalue weighted by Gasteiger charge is -2.39. The zero-order valence-electron chi connectivity index (χ0n) is 18.9. The van der Waals surface area contributed by atoms with Gasteiger partial charge in [0.2, 0.25) is 0 Å². The van der Waals surface area contributed by atoms with Crippen LogP contribution in [0.25, 0.3) is 11.5 Å². The molecule has 0 spiro atoms. The molecule has 38 heavy (non-hydrogen) atoms. The zero-order chi connectivity index (χ0) is 26.3. The minimum Gasteiger partial charge on any atom is -0.625 e. The molecule has 6 heterocycles. The summed E-state index contributed by atoms with van der Waals surface area (Å²) in [6.07, 6.45) is 12.1. The highest BCUT2D eigenvalue weighted by molar-refractivity contribution is 8.79. The summed E-state index contributed by atoms with van der Waals surface area (Å²) >= 11 is 0. The molecule has 2 aromatic rings. The average Bonchev–Trinajstić information content (AvgIpc) is 3.71. The van der Waals surface area contributed by atoms with Crippen LogP contribution in [0.5, 0.6) is 0 Å². The van der Waals surface area contributed by atoms with Crippen molar-refractivity contribution < 1.29 is 35.9 Å². The van der Waals surface area contributed by atoms with Crippen molar-refractivity contribution >= 4 is 59.7 Å². The summed E-state index contributed by atoms with van der Waals surface area (Å²) in [4.78, 5) is 14.2. The van der Waals surface area contributed by atoms with Gasteiger partial charge in [-0.05, 0) is 70.2 Å². The molecule has 4 aliphatic heterocycles. The minimum absolute atomic E-state index is 0.139. The van der Waals surface area contributed by atoms with E-state index >= 15 is 0 Å². The van der Waals surface area contributed by atoms with Gasteiger partial charge in [-0.3, -0.25) is 9.98 Å². The van der Waals surface area contributed by atoms with E-state index in [0.29, 0.717) is 0 Å². The quantitative estimate of drug-likeness (QED) is 0.253. The Morgan fingerprint density at radius 3 is 1.39 bits per heavy atom. The molecule has 2 aromatic heterocycles. The minimum atomic E-state index is -4.73. The van der Waals surface area contributed by atoms with Gasteiger partial charge in [0.1, 0.15) is 34.4 Å². The van der Waals surface area contributed by atoms with E-state index in [1.54, 1.807) is 48.8 Å². The van der Waals surface area contributed by atoms with E-state index in [2.05, 4.69) is 20.0 Å². The maximum atomic E-state index is 14.6. The third-order valence-electron chi connectivity index (χ3n) is 5.31. The number of halogens is 4. The Kier molecular flexibility index (Phi) is 6.07. The van der Waals surface area contributed by atoms with Crippen molar-refractivity contribution in [3.63, 3.8) is 0 Å². The number of aromatic nitrogens is 2. The van der Waals surface area contributed by atoms with Crippen LogP contribution in [0.2, 0.25) is 0 Å². The van der Waals surface area contributed by atoms with Gasteiger partial charge in [-0.1, -0.05) is 0 Å². The fourth-order valence-electron chi connectivity index (χ4n) is 3.79. The highest BCUT2D eigenvalue weighted by Gasteiger charge is 2.45. The van der Waals surface area contributed by atoms with Gasteiger partial charge in [-0.15, -0.1) is 0 Å². The van der Waals surface area contributed by atoms with Crippen LogP contribution in [0.1, 0.15) is 11.4 Å². The van der Waals surface area contributed by atoms with Gasteiger partial charge in [0.05, 0.1) is 21.2 Å². The van der Waals surface area contributed by atoms with Crippen LogP contribution in [0.15, 0.2) is 104 Å². The van der Waals surface area contributed by atoms with Gasteiger partial charge in [0.25, 0.3) is 0 Å². The first-order chi connectivity index (χ1) is 18.3. The number of aromatic amines is 2. The summed E-state index contributed by atoms with van der Waals surface area (Å²) in [7, 11) is -7.60. The molecule has 0 bridgehead atoms. The van der Waals surface area contributed by atoms with E-state index < -0.39 is 14.2 Å². The summed E-state index contributed by atoms with van der Waals surface area (Å²) in [5.74, 6) is -0.834. The van der Waals surface area contributed by atoms with Crippen LogP contribution in [0.3, 0.4) is 0 Å². The van der Waals surface area contributed by atoms with Crippen molar-refractivity contribution in [2.45, 2.75) is 0 Å². The maximum absolute atomic E-state index is 14.6. The Morgan fingerprint density at radius 1 is 0.632 bits per heavy atom. The molecule has 8 nitrogen and oxygen atoms in total. The predicted molar refractivity (Wildman–Crippen MR) is 140 cm³/mol. The second-order valence-electron chi connectivity index (χ2n) is 7.90. The fourth-order valence-corrected chi connectivity index (χ4v) is 6.29. The van der Waals surface area contributed by atoms with Crippen LogP contribution >= 0.6 is 21.6 Å². The summed E-state index contributed by atoms with van der Waals surface area (Å²) < 4.78 is 78.3. The van der Waals surface area contributed by atoms with E-state index in [1.807, 2.05) is 0 Å². The molecule has 0 fully saturated rings. The van der Waals surface area contributed by atoms with Gasteiger partial charge in [0.15, 0.2) is 0 Å². The van der Waals surface area contributed by atoms with Crippen LogP contribution in [-0.4, -0.2) is 36.6 Å². The lowest BCUT2D eigenvalue weighted by molar-refractivity contribution is 0.168. The molecule has 0 amide bonds. The lowest BCUT2D eigenvalue weighted by Crippen LogP contribution is -2.36. The molecule has 16 heteroatoms. The van der Waals surface area contributed by atoms with Crippen molar-refractivity contribution in [1.29, 1.82) is 0 Å². The molecule has 0 radical (unpaired) electrons. The topological polar surface area (TPSA) is 93.2 Å². The number of hydrogen-bond acceptors (Lipinski definition) is 8. The molecular weight excluding hydrogens is 546 g/mol. The van der Waals surface area contributed by atoms with Crippen molar-refractivity contribution in [2.75, 3.05) is 0 Å². The third-order valence-corrected chi connectivity index (χ3v) is 7.72. The molecule has 6 rings (SSSR count). The van der Waals surface area contributed by atoms with E-state index in [4.69, 9.17) is 18.6 Å². The number of H-pyrrole nitrogens is 2. The standard InChI is InChI=1S/C22H14B2F4N4O4S2/c25-23(26)33-17(13-5-1-9-29-13)21(18(34-23)14-6-2-10-30-14)37-38-22-19(15-7-3-11-31-15)35-24(27,28)36-20(22)16-8-4-12-32-16/h1-12,29,31H/q-2/b18-14-,20-16-. The first-order valence-electron chi connectivity index (χ1n) is 11.1. The zero-order valence-corrected chi connectivity index (χ0v) is 20.6. The average molecular weight is 560 g/mol. The Bertz CT molecular complexity index is 1390. The Morgan fingerprint density at radius 2 is 1.05 bits per heavy atom. The fraction of sp³-hybridized carbons (Fsp3) is 0. The van der Waals surface area contributed by atoms with Gasteiger partial charge < -0.3 is 45.8 Å². The maximum Gasteiger partial charge on any atom is 0.726 e. The second-order valence-corrected chi connectivity index (χ2v) is 10.0. The van der Waals surface area contributed by atoms with Crippen LogP contribution < -0.4 is 0 Å². The van der Waals surface area contributed by atoms with Crippen molar-refractivity contribution in [2.24, 2.45) is 9.98 Å². The Labute approximate surface area is 220 Å². The van der Waals surface area contributed by atoms with Crippen molar-refractivity contribution in [3.8, 4) is 0 Å². The lowest BCUT2D eigenvalue weighted by atomic mass is 10.1. The monoisotopic (exact) mass is 560 g/mol. The highest BCUT2D eigenvalue weighted by atomic mass is 33.1. The molecule has 0 aromatic carbocycles. The SMILES string of the molecule is F[B-]1(F)OC(c2ccc[nH]2)=C(SSC2=C(c3ccc[nH]3)O[B-](F)(F)O/C2=C2/C=CC=N2)/C(=C2\C=CC=N2)O1. The molecule has 0 saturated heterocycles. The number of allylic oxidation sites excluding steroid dienone is 4. The second kappa shape index (κ2) is 9.44. The Hall–Kier alpha value is -3.91. The molecule has 4 aliphatic rings. The van der Waals surface area contributed by atoms with Gasteiger partial charge in [0, 0.05) is 24.8 Å². The molecule has 0 saturated carbocycles. The predicted octanol–water partition coefficient (Wildman–Crippen LogP) is 6.31. The first-order valence-corrected chi connectivity index (χ1v) is 13.2. The van der Waals surface area contributed by atoms with E-state index in [0.717, 1.165) is 21.6 Å². The number of nitrogens with one attached hydrogen (secondary N) is 2. The van der Waals surface area contributed by atoms with Gasteiger partial charge >= 0.3 is 14.2 Å². The molecule has 0 unspecified atom stereocenters. The van der Waals surface area contributed by atoms with E-state index in [9.17, 15) is 17.3 Å². The molecular formula is C22H14B2F4N4O4S2-2. The summed E-state index contributed by atoms with van der Waals surface area (Å²) in [5, 5.41) is 0.